The lowest BCUT2D eigenvalue weighted by molar-refractivity contribution is 0.0265. The van der Waals surface area contributed by atoms with E-state index >= 15 is 0 Å². The van der Waals surface area contributed by atoms with Crippen LogP contribution in [0.4, 0.5) is 0 Å². The Balaban J connectivity index is 3.62. The zero-order chi connectivity index (χ0) is 10.5. The van der Waals surface area contributed by atoms with Crippen LogP contribution >= 0.6 is 0 Å². The highest BCUT2D eigenvalue weighted by molar-refractivity contribution is 4.74. The zero-order valence-corrected chi connectivity index (χ0v) is 9.80. The summed E-state index contributed by atoms with van der Waals surface area (Å²) in [4.78, 5) is 2.16. The van der Waals surface area contributed by atoms with Crippen LogP contribution in [0.25, 0.3) is 0 Å². The van der Waals surface area contributed by atoms with Crippen molar-refractivity contribution >= 4 is 0 Å². The van der Waals surface area contributed by atoms with Crippen LogP contribution in [-0.2, 0) is 0 Å². The number of rotatable bonds is 6. The lowest BCUT2D eigenvalue weighted by Crippen LogP contribution is -2.27. The first-order chi connectivity index (χ1) is 5.83. The van der Waals surface area contributed by atoms with Crippen molar-refractivity contribution in [3.63, 3.8) is 0 Å². The first kappa shape index (κ1) is 12.9. The molecule has 80 valence electrons. The van der Waals surface area contributed by atoms with Gasteiger partial charge in [-0.25, -0.2) is 0 Å². The monoisotopic (exact) mass is 187 g/mol. The normalized spacial score (nSPS) is 16.6. The van der Waals surface area contributed by atoms with Gasteiger partial charge in [0.05, 0.1) is 5.60 Å². The second-order valence-corrected chi connectivity index (χ2v) is 5.00. The summed E-state index contributed by atoms with van der Waals surface area (Å²) >= 11 is 0. The summed E-state index contributed by atoms with van der Waals surface area (Å²) in [7, 11) is 4.13. The Bertz CT molecular complexity index is 130. The van der Waals surface area contributed by atoms with E-state index in [1.54, 1.807) is 0 Å². The van der Waals surface area contributed by atoms with Gasteiger partial charge < -0.3 is 10.0 Å². The van der Waals surface area contributed by atoms with Gasteiger partial charge in [0, 0.05) is 0 Å². The van der Waals surface area contributed by atoms with Crippen LogP contribution in [0, 0.1) is 5.92 Å². The Kier molecular flexibility index (Phi) is 5.57. The zero-order valence-electron chi connectivity index (χ0n) is 9.80. The summed E-state index contributed by atoms with van der Waals surface area (Å²) in [6.07, 6.45) is 2.89. The molecule has 0 aliphatic rings. The second kappa shape index (κ2) is 5.61. The molecule has 0 aromatic heterocycles. The van der Waals surface area contributed by atoms with Gasteiger partial charge in [-0.15, -0.1) is 0 Å². The van der Waals surface area contributed by atoms with Crippen LogP contribution in [0.1, 0.15) is 40.0 Å². The van der Waals surface area contributed by atoms with E-state index in [-0.39, 0.29) is 0 Å². The first-order valence-corrected chi connectivity index (χ1v) is 5.20. The molecule has 1 unspecified atom stereocenters. The Morgan fingerprint density at radius 3 is 2.23 bits per heavy atom. The third-order valence-electron chi connectivity index (χ3n) is 2.17. The molecule has 0 aliphatic carbocycles. The molecule has 2 heteroatoms. The molecule has 1 atom stereocenters. The van der Waals surface area contributed by atoms with E-state index in [0.717, 1.165) is 25.8 Å². The summed E-state index contributed by atoms with van der Waals surface area (Å²) in [5, 5.41) is 9.98. The predicted molar refractivity (Wildman–Crippen MR) is 57.9 cm³/mol. The van der Waals surface area contributed by atoms with Crippen LogP contribution in [-0.4, -0.2) is 36.2 Å². The average Bonchev–Trinajstić information content (AvgIpc) is 1.81. The van der Waals surface area contributed by atoms with Gasteiger partial charge in [0.2, 0.25) is 0 Å². The van der Waals surface area contributed by atoms with E-state index in [4.69, 9.17) is 0 Å². The van der Waals surface area contributed by atoms with Crippen molar-refractivity contribution < 1.29 is 5.11 Å². The molecule has 0 heterocycles. The number of hydrogen-bond donors (Lipinski definition) is 1. The summed E-state index contributed by atoms with van der Waals surface area (Å²) in [5.74, 6) is 0.578. The van der Waals surface area contributed by atoms with Gasteiger partial charge in [-0.05, 0) is 52.7 Å². The minimum atomic E-state index is -0.468. The molecular weight excluding hydrogens is 162 g/mol. The van der Waals surface area contributed by atoms with Gasteiger partial charge in [0.15, 0.2) is 0 Å². The Hall–Kier alpha value is -0.0800. The maximum Gasteiger partial charge on any atom is 0.0622 e. The quantitative estimate of drug-likeness (QED) is 0.688. The van der Waals surface area contributed by atoms with Crippen molar-refractivity contribution in [1.29, 1.82) is 0 Å². The largest absolute Gasteiger partial charge is 0.390 e. The third kappa shape index (κ3) is 8.26. The molecule has 13 heavy (non-hydrogen) atoms. The molecule has 0 spiro atoms. The first-order valence-electron chi connectivity index (χ1n) is 5.20. The topological polar surface area (TPSA) is 23.5 Å². The van der Waals surface area contributed by atoms with Gasteiger partial charge in [0.25, 0.3) is 0 Å². The fourth-order valence-corrected chi connectivity index (χ4v) is 1.76. The van der Waals surface area contributed by atoms with Crippen LogP contribution in [0.2, 0.25) is 0 Å². The molecule has 1 N–H and O–H groups in total. The van der Waals surface area contributed by atoms with E-state index in [1.807, 2.05) is 6.92 Å². The van der Waals surface area contributed by atoms with E-state index in [0.29, 0.717) is 5.92 Å². The maximum atomic E-state index is 9.98. The van der Waals surface area contributed by atoms with E-state index in [1.165, 1.54) is 0 Å². The SMILES string of the molecule is CC(C)CC(C)(O)CCCN(C)C. The van der Waals surface area contributed by atoms with Gasteiger partial charge >= 0.3 is 0 Å². The Morgan fingerprint density at radius 2 is 1.85 bits per heavy atom. The van der Waals surface area contributed by atoms with Crippen molar-refractivity contribution in [3.05, 3.63) is 0 Å². The Labute approximate surface area is 82.9 Å². The number of aliphatic hydroxyl groups is 1. The van der Waals surface area contributed by atoms with Crippen LogP contribution < -0.4 is 0 Å². The van der Waals surface area contributed by atoms with Crippen LogP contribution in [0.5, 0.6) is 0 Å². The van der Waals surface area contributed by atoms with Crippen LogP contribution in [0.15, 0.2) is 0 Å². The minimum Gasteiger partial charge on any atom is -0.390 e. The lowest BCUT2D eigenvalue weighted by atomic mass is 9.90. The van der Waals surface area contributed by atoms with E-state index in [2.05, 4.69) is 32.8 Å². The number of nitrogens with zero attached hydrogens (tertiary/aromatic N) is 1. The third-order valence-corrected chi connectivity index (χ3v) is 2.17. The maximum absolute atomic E-state index is 9.98. The van der Waals surface area contributed by atoms with Gasteiger partial charge in [-0.3, -0.25) is 0 Å². The smallest absolute Gasteiger partial charge is 0.0622 e. The molecule has 2 nitrogen and oxygen atoms in total. The minimum absolute atomic E-state index is 0.468. The standard InChI is InChI=1S/C11H25NO/c1-10(2)9-11(3,13)7-6-8-12(4)5/h10,13H,6-9H2,1-5H3. The van der Waals surface area contributed by atoms with E-state index in [9.17, 15) is 5.11 Å². The highest BCUT2D eigenvalue weighted by Crippen LogP contribution is 2.21. The molecule has 0 aromatic rings. The molecule has 0 rings (SSSR count). The summed E-state index contributed by atoms with van der Waals surface area (Å²) in [5.41, 5.74) is -0.468. The molecule has 0 aliphatic heterocycles. The molecular formula is C11H25NO. The molecule has 0 radical (unpaired) electrons. The molecule has 0 saturated heterocycles. The van der Waals surface area contributed by atoms with Gasteiger partial charge in [-0.2, -0.15) is 0 Å². The van der Waals surface area contributed by atoms with Gasteiger partial charge in [-0.1, -0.05) is 13.8 Å². The highest BCUT2D eigenvalue weighted by Gasteiger charge is 2.20. The number of hydrogen-bond acceptors (Lipinski definition) is 2. The predicted octanol–water partition coefficient (Wildman–Crippen LogP) is 2.13. The molecule has 0 bridgehead atoms. The van der Waals surface area contributed by atoms with Crippen molar-refractivity contribution in [1.82, 2.24) is 4.90 Å². The van der Waals surface area contributed by atoms with Crippen molar-refractivity contribution in [2.75, 3.05) is 20.6 Å². The van der Waals surface area contributed by atoms with E-state index < -0.39 is 5.60 Å². The molecule has 0 fully saturated rings. The highest BCUT2D eigenvalue weighted by atomic mass is 16.3. The second-order valence-electron chi connectivity index (χ2n) is 5.00. The summed E-state index contributed by atoms with van der Waals surface area (Å²) in [6, 6.07) is 0. The lowest BCUT2D eigenvalue weighted by Gasteiger charge is -2.25. The van der Waals surface area contributed by atoms with Crippen molar-refractivity contribution in [2.45, 2.75) is 45.6 Å². The molecule has 0 amide bonds. The fraction of sp³-hybridized carbons (Fsp3) is 1.00. The molecule has 0 saturated carbocycles. The fourth-order valence-electron chi connectivity index (χ4n) is 1.76. The summed E-state index contributed by atoms with van der Waals surface area (Å²) in [6.45, 7) is 7.32. The van der Waals surface area contributed by atoms with Crippen LogP contribution in [0.3, 0.4) is 0 Å². The van der Waals surface area contributed by atoms with Crippen molar-refractivity contribution in [2.24, 2.45) is 5.92 Å². The Morgan fingerprint density at radius 1 is 1.31 bits per heavy atom. The van der Waals surface area contributed by atoms with Crippen molar-refractivity contribution in [3.8, 4) is 0 Å². The summed E-state index contributed by atoms with van der Waals surface area (Å²) < 4.78 is 0. The molecule has 0 aromatic carbocycles. The van der Waals surface area contributed by atoms with Gasteiger partial charge in [0.1, 0.15) is 0 Å². The average molecular weight is 187 g/mol.